The van der Waals surface area contributed by atoms with Crippen molar-refractivity contribution in [2.75, 3.05) is 17.7 Å². The maximum absolute atomic E-state index is 13.2. The molecule has 31 heavy (non-hydrogen) atoms. The van der Waals surface area contributed by atoms with E-state index in [1.54, 1.807) is 24.3 Å². The fourth-order valence-corrected chi connectivity index (χ4v) is 5.43. The lowest BCUT2D eigenvalue weighted by atomic mass is 9.89. The van der Waals surface area contributed by atoms with Crippen molar-refractivity contribution in [1.29, 1.82) is 0 Å². The Bertz CT molecular complexity index is 1040. The highest BCUT2D eigenvalue weighted by Crippen LogP contribution is 2.28. The van der Waals surface area contributed by atoms with Gasteiger partial charge in [-0.25, -0.2) is 8.42 Å². The van der Waals surface area contributed by atoms with Crippen LogP contribution in [0.3, 0.4) is 0 Å². The second-order valence-electron chi connectivity index (χ2n) is 8.15. The summed E-state index contributed by atoms with van der Waals surface area (Å²) in [5.41, 5.74) is 4.19. The van der Waals surface area contributed by atoms with E-state index in [1.807, 2.05) is 13.8 Å². The number of nitrogens with zero attached hydrogens (tertiary/aromatic N) is 1. The van der Waals surface area contributed by atoms with E-state index in [4.69, 9.17) is 4.74 Å². The van der Waals surface area contributed by atoms with Gasteiger partial charge in [-0.2, -0.15) is 0 Å². The third-order valence-electron chi connectivity index (χ3n) is 5.87. The molecule has 0 fully saturated rings. The van der Waals surface area contributed by atoms with E-state index in [0.29, 0.717) is 17.9 Å². The summed E-state index contributed by atoms with van der Waals surface area (Å²) in [6.45, 7) is 3.75. The van der Waals surface area contributed by atoms with Crippen LogP contribution in [0.1, 0.15) is 55.8 Å². The molecule has 0 bridgehead atoms. The Morgan fingerprint density at radius 2 is 1.84 bits per heavy atom. The lowest BCUT2D eigenvalue weighted by Crippen LogP contribution is -2.49. The Hall–Kier alpha value is -2.54. The summed E-state index contributed by atoms with van der Waals surface area (Å²) in [5.74, 6) is 0.213. The zero-order valence-electron chi connectivity index (χ0n) is 18.7. The van der Waals surface area contributed by atoms with Crippen LogP contribution in [0.15, 0.2) is 42.5 Å². The van der Waals surface area contributed by atoms with E-state index in [9.17, 15) is 13.2 Å². The number of nitrogens with one attached hydrogen (secondary N) is 1. The number of methoxy groups -OCH3 is 1. The molecule has 0 unspecified atom stereocenters. The van der Waals surface area contributed by atoms with Crippen molar-refractivity contribution < 1.29 is 17.9 Å². The summed E-state index contributed by atoms with van der Waals surface area (Å²) in [4.78, 5) is 13.2. The van der Waals surface area contributed by atoms with Crippen molar-refractivity contribution in [2.45, 2.75) is 58.0 Å². The molecule has 0 heterocycles. The van der Waals surface area contributed by atoms with Crippen molar-refractivity contribution in [3.05, 3.63) is 59.2 Å². The smallest absolute Gasteiger partial charge is 0.244 e. The molecular formula is C24H32N2O4S. The standard InChI is InChI=1S/C24H32N2O4S/c1-5-23(26(31(4,28)29)21-11-8-12-22(16-21)30-3)24(27)25-17(2)19-14-13-18-9-6-7-10-20(18)15-19/h8,11-17,23H,5-7,9-10H2,1-4H3,(H,25,27)/t17-,23+/m0/s1. The number of benzene rings is 2. The molecular weight excluding hydrogens is 412 g/mol. The van der Waals surface area contributed by atoms with E-state index in [2.05, 4.69) is 23.5 Å². The van der Waals surface area contributed by atoms with Gasteiger partial charge in [0.05, 0.1) is 25.1 Å². The van der Waals surface area contributed by atoms with Gasteiger partial charge in [-0.3, -0.25) is 9.10 Å². The molecule has 3 rings (SSSR count). The average Bonchev–Trinajstić information content (AvgIpc) is 2.75. The van der Waals surface area contributed by atoms with Gasteiger partial charge in [0.1, 0.15) is 11.8 Å². The highest BCUT2D eigenvalue weighted by atomic mass is 32.2. The Labute approximate surface area is 185 Å². The molecule has 1 amide bonds. The number of fused-ring (bicyclic) bond motifs is 1. The molecule has 0 saturated carbocycles. The van der Waals surface area contributed by atoms with Crippen LogP contribution >= 0.6 is 0 Å². The number of hydrogen-bond acceptors (Lipinski definition) is 4. The van der Waals surface area contributed by atoms with Gasteiger partial charge in [-0.1, -0.05) is 31.2 Å². The number of ether oxygens (including phenoxy) is 1. The molecule has 2 aromatic rings. The zero-order valence-corrected chi connectivity index (χ0v) is 19.5. The van der Waals surface area contributed by atoms with Crippen molar-refractivity contribution in [1.82, 2.24) is 5.32 Å². The van der Waals surface area contributed by atoms with Crippen LogP contribution in [0.5, 0.6) is 5.75 Å². The largest absolute Gasteiger partial charge is 0.497 e. The van der Waals surface area contributed by atoms with E-state index in [0.717, 1.165) is 24.7 Å². The maximum atomic E-state index is 13.2. The Morgan fingerprint density at radius 1 is 1.13 bits per heavy atom. The number of sulfonamides is 1. The summed E-state index contributed by atoms with van der Waals surface area (Å²) in [6, 6.07) is 12.1. The van der Waals surface area contributed by atoms with E-state index >= 15 is 0 Å². The van der Waals surface area contributed by atoms with Crippen LogP contribution < -0.4 is 14.4 Å². The minimum atomic E-state index is -3.69. The molecule has 6 nitrogen and oxygen atoms in total. The topological polar surface area (TPSA) is 75.7 Å². The number of carbonyl (C=O) groups is 1. The van der Waals surface area contributed by atoms with Crippen LogP contribution in [0.25, 0.3) is 0 Å². The summed E-state index contributed by atoms with van der Waals surface area (Å²) in [6.07, 6.45) is 6.06. The average molecular weight is 445 g/mol. The van der Waals surface area contributed by atoms with Crippen molar-refractivity contribution in [3.8, 4) is 5.75 Å². The van der Waals surface area contributed by atoms with Crippen molar-refractivity contribution in [2.24, 2.45) is 0 Å². The molecule has 0 saturated heterocycles. The fourth-order valence-electron chi connectivity index (χ4n) is 4.22. The lowest BCUT2D eigenvalue weighted by Gasteiger charge is -2.31. The molecule has 2 atom stereocenters. The third-order valence-corrected chi connectivity index (χ3v) is 7.05. The molecule has 0 spiro atoms. The van der Waals surface area contributed by atoms with Crippen LogP contribution in [0, 0.1) is 0 Å². The summed E-state index contributed by atoms with van der Waals surface area (Å²) in [7, 11) is -2.17. The zero-order chi connectivity index (χ0) is 22.6. The monoisotopic (exact) mass is 444 g/mol. The molecule has 0 aliphatic heterocycles. The van der Waals surface area contributed by atoms with Gasteiger partial charge in [-0.15, -0.1) is 0 Å². The van der Waals surface area contributed by atoms with E-state index in [-0.39, 0.29) is 11.9 Å². The molecule has 1 aliphatic carbocycles. The van der Waals surface area contributed by atoms with Gasteiger partial charge in [-0.05, 0) is 67.9 Å². The minimum Gasteiger partial charge on any atom is -0.497 e. The first kappa shape index (κ1) is 23.1. The van der Waals surface area contributed by atoms with Crippen molar-refractivity contribution >= 4 is 21.6 Å². The second kappa shape index (κ2) is 9.73. The predicted molar refractivity (Wildman–Crippen MR) is 124 cm³/mol. The summed E-state index contributed by atoms with van der Waals surface area (Å²) >= 11 is 0. The van der Waals surface area contributed by atoms with Crippen LogP contribution in [-0.2, 0) is 27.7 Å². The summed E-state index contributed by atoms with van der Waals surface area (Å²) in [5, 5.41) is 3.03. The van der Waals surface area contributed by atoms with Gasteiger partial charge in [0.25, 0.3) is 0 Å². The molecule has 2 aromatic carbocycles. The molecule has 0 aromatic heterocycles. The predicted octanol–water partition coefficient (Wildman–Crippen LogP) is 4.00. The first-order valence-electron chi connectivity index (χ1n) is 10.8. The highest BCUT2D eigenvalue weighted by Gasteiger charge is 2.32. The molecule has 0 radical (unpaired) electrons. The lowest BCUT2D eigenvalue weighted by molar-refractivity contribution is -0.122. The number of carbonyl (C=O) groups excluding carboxylic acids is 1. The number of anilines is 1. The third kappa shape index (κ3) is 5.39. The van der Waals surface area contributed by atoms with Crippen molar-refractivity contribution in [3.63, 3.8) is 0 Å². The highest BCUT2D eigenvalue weighted by molar-refractivity contribution is 7.92. The number of aryl methyl sites for hydroxylation is 2. The van der Waals surface area contributed by atoms with E-state index < -0.39 is 16.1 Å². The van der Waals surface area contributed by atoms with Gasteiger partial charge in [0.15, 0.2) is 0 Å². The second-order valence-corrected chi connectivity index (χ2v) is 10.0. The molecule has 1 N–H and O–H groups in total. The number of amides is 1. The van der Waals surface area contributed by atoms with Gasteiger partial charge in [0.2, 0.25) is 15.9 Å². The fraction of sp³-hybridized carbons (Fsp3) is 0.458. The Balaban J connectivity index is 1.84. The first-order valence-corrected chi connectivity index (χ1v) is 12.6. The SMILES string of the molecule is CC[C@H](C(=O)N[C@@H](C)c1ccc2c(c1)CCCC2)N(c1cccc(OC)c1)S(C)(=O)=O. The van der Waals surface area contributed by atoms with Crippen LogP contribution in [0.2, 0.25) is 0 Å². The van der Waals surface area contributed by atoms with Crippen LogP contribution in [0.4, 0.5) is 5.69 Å². The normalized spacial score (nSPS) is 15.5. The number of hydrogen-bond donors (Lipinski definition) is 1. The molecule has 1 aliphatic rings. The van der Waals surface area contributed by atoms with Crippen LogP contribution in [-0.4, -0.2) is 33.7 Å². The van der Waals surface area contributed by atoms with Gasteiger partial charge >= 0.3 is 0 Å². The quantitative estimate of drug-likeness (QED) is 0.668. The maximum Gasteiger partial charge on any atom is 0.244 e. The summed E-state index contributed by atoms with van der Waals surface area (Å²) < 4.78 is 31.7. The molecule has 168 valence electrons. The Morgan fingerprint density at radius 3 is 2.48 bits per heavy atom. The van der Waals surface area contributed by atoms with Gasteiger partial charge in [0, 0.05) is 6.07 Å². The minimum absolute atomic E-state index is 0.222. The Kier molecular flexibility index (Phi) is 7.26. The number of rotatable bonds is 8. The van der Waals surface area contributed by atoms with E-state index in [1.165, 1.54) is 35.4 Å². The molecule has 7 heteroatoms. The first-order chi connectivity index (χ1) is 14.7. The van der Waals surface area contributed by atoms with Gasteiger partial charge < -0.3 is 10.1 Å².